The zero-order chi connectivity index (χ0) is 17.3. The summed E-state index contributed by atoms with van der Waals surface area (Å²) < 4.78 is 8.09. The largest absolute Gasteiger partial charge is 0.379 e. The first-order valence-electron chi connectivity index (χ1n) is 8.86. The van der Waals surface area contributed by atoms with Crippen LogP contribution in [-0.2, 0) is 11.8 Å². The van der Waals surface area contributed by atoms with Crippen LogP contribution >= 0.6 is 0 Å². The zero-order valence-corrected chi connectivity index (χ0v) is 14.5. The van der Waals surface area contributed by atoms with Gasteiger partial charge in [0.1, 0.15) is 5.69 Å². The number of amides is 1. The summed E-state index contributed by atoms with van der Waals surface area (Å²) in [6.45, 7) is 2.14. The summed E-state index contributed by atoms with van der Waals surface area (Å²) >= 11 is 0. The highest BCUT2D eigenvalue weighted by Crippen LogP contribution is 2.36. The normalized spacial score (nSPS) is 26.1. The van der Waals surface area contributed by atoms with Crippen molar-refractivity contribution in [2.45, 2.75) is 30.9 Å². The highest BCUT2D eigenvalue weighted by molar-refractivity contribution is 5.92. The number of likely N-dealkylation sites (tertiary alicyclic amines) is 1. The molecular weight excluding hydrogens is 316 g/mol. The molecule has 2 saturated heterocycles. The number of aromatic nitrogens is 2. The first-order chi connectivity index (χ1) is 12.2. The van der Waals surface area contributed by atoms with Crippen molar-refractivity contribution in [3.05, 3.63) is 48.5 Å². The van der Waals surface area contributed by atoms with Crippen LogP contribution in [0.5, 0.6) is 0 Å². The fourth-order valence-electron chi connectivity index (χ4n) is 4.02. The molecule has 4 rings (SSSR count). The molecule has 2 unspecified atom stereocenters. The standard InChI is InChI=1S/C19H24N4O2/c1-22-9-3-6-17(22)18(24)23-10-4-7-19(14-23)11-16(13-25-19)21-15-5-2-8-20-12-15/h2-3,5-6,8-9,12,16,21H,4,7,10-11,13-14H2,1H3. The van der Waals surface area contributed by atoms with Crippen LogP contribution in [0.3, 0.4) is 0 Å². The molecule has 0 saturated carbocycles. The van der Waals surface area contributed by atoms with E-state index < -0.39 is 0 Å². The summed E-state index contributed by atoms with van der Waals surface area (Å²) in [7, 11) is 1.91. The maximum Gasteiger partial charge on any atom is 0.270 e. The van der Waals surface area contributed by atoms with Crippen LogP contribution in [0.25, 0.3) is 0 Å². The summed E-state index contributed by atoms with van der Waals surface area (Å²) in [4.78, 5) is 18.9. The second-order valence-corrected chi connectivity index (χ2v) is 7.12. The number of hydrogen-bond donors (Lipinski definition) is 1. The fraction of sp³-hybridized carbons (Fsp3) is 0.474. The highest BCUT2D eigenvalue weighted by atomic mass is 16.5. The molecule has 4 heterocycles. The Hall–Kier alpha value is -2.34. The first-order valence-corrected chi connectivity index (χ1v) is 8.86. The maximum atomic E-state index is 12.8. The molecule has 0 aliphatic carbocycles. The maximum absolute atomic E-state index is 12.8. The van der Waals surface area contributed by atoms with Gasteiger partial charge in [0.05, 0.1) is 30.5 Å². The third kappa shape index (κ3) is 3.26. The van der Waals surface area contributed by atoms with E-state index in [4.69, 9.17) is 4.74 Å². The van der Waals surface area contributed by atoms with Crippen molar-refractivity contribution in [3.8, 4) is 0 Å². The Bertz CT molecular complexity index is 745. The van der Waals surface area contributed by atoms with Gasteiger partial charge in [0.15, 0.2) is 0 Å². The van der Waals surface area contributed by atoms with E-state index in [1.165, 1.54) is 0 Å². The smallest absolute Gasteiger partial charge is 0.270 e. The van der Waals surface area contributed by atoms with Crippen LogP contribution in [0.2, 0.25) is 0 Å². The van der Waals surface area contributed by atoms with Crippen molar-refractivity contribution in [3.63, 3.8) is 0 Å². The summed E-state index contributed by atoms with van der Waals surface area (Å²) in [5.41, 5.74) is 1.53. The lowest BCUT2D eigenvalue weighted by atomic mass is 9.88. The SMILES string of the molecule is Cn1cccc1C(=O)N1CCCC2(CC(Nc3cccnc3)CO2)C1. The van der Waals surface area contributed by atoms with Crippen molar-refractivity contribution in [2.75, 3.05) is 25.0 Å². The fourth-order valence-corrected chi connectivity index (χ4v) is 4.02. The molecule has 6 heteroatoms. The van der Waals surface area contributed by atoms with E-state index in [1.807, 2.05) is 53.2 Å². The van der Waals surface area contributed by atoms with Crippen molar-refractivity contribution in [1.82, 2.24) is 14.5 Å². The van der Waals surface area contributed by atoms with Gasteiger partial charge in [0.2, 0.25) is 0 Å². The Kier molecular flexibility index (Phi) is 4.21. The average Bonchev–Trinajstić information content (AvgIpc) is 3.22. The Morgan fingerprint density at radius 2 is 2.32 bits per heavy atom. The molecule has 1 N–H and O–H groups in total. The molecule has 2 aliphatic rings. The highest BCUT2D eigenvalue weighted by Gasteiger charge is 2.44. The van der Waals surface area contributed by atoms with Crippen LogP contribution in [0, 0.1) is 0 Å². The van der Waals surface area contributed by atoms with E-state index in [0.29, 0.717) is 13.2 Å². The number of nitrogens with one attached hydrogen (secondary N) is 1. The van der Waals surface area contributed by atoms with Crippen LogP contribution in [0.4, 0.5) is 5.69 Å². The van der Waals surface area contributed by atoms with Gasteiger partial charge in [-0.25, -0.2) is 0 Å². The van der Waals surface area contributed by atoms with Crippen LogP contribution in [0.1, 0.15) is 29.8 Å². The topological polar surface area (TPSA) is 59.4 Å². The summed E-state index contributed by atoms with van der Waals surface area (Å²) in [6, 6.07) is 7.99. The molecule has 132 valence electrons. The molecule has 2 aromatic rings. The summed E-state index contributed by atoms with van der Waals surface area (Å²) in [6.07, 6.45) is 8.42. The number of rotatable bonds is 3. The molecule has 0 aromatic carbocycles. The van der Waals surface area contributed by atoms with Gasteiger partial charge < -0.3 is 19.5 Å². The third-order valence-corrected chi connectivity index (χ3v) is 5.23. The van der Waals surface area contributed by atoms with Crippen LogP contribution in [-0.4, -0.2) is 51.7 Å². The monoisotopic (exact) mass is 340 g/mol. The molecule has 1 amide bonds. The van der Waals surface area contributed by atoms with Gasteiger partial charge in [-0.05, 0) is 37.1 Å². The lowest BCUT2D eigenvalue weighted by molar-refractivity contribution is -0.0449. The molecule has 1 spiro atoms. The second-order valence-electron chi connectivity index (χ2n) is 7.12. The predicted molar refractivity (Wildman–Crippen MR) is 95.5 cm³/mol. The van der Waals surface area contributed by atoms with Crippen LogP contribution in [0.15, 0.2) is 42.9 Å². The number of carbonyl (C=O) groups is 1. The molecule has 2 atom stereocenters. The Balaban J connectivity index is 1.42. The lowest BCUT2D eigenvalue weighted by Gasteiger charge is -2.39. The number of hydrogen-bond acceptors (Lipinski definition) is 4. The van der Waals surface area contributed by atoms with E-state index in [1.54, 1.807) is 6.20 Å². The van der Waals surface area contributed by atoms with Gasteiger partial charge in [0, 0.05) is 38.6 Å². The van der Waals surface area contributed by atoms with E-state index in [2.05, 4.69) is 10.3 Å². The number of piperidine rings is 1. The minimum atomic E-state index is -0.223. The van der Waals surface area contributed by atoms with Crippen molar-refractivity contribution in [1.29, 1.82) is 0 Å². The summed E-state index contributed by atoms with van der Waals surface area (Å²) in [5.74, 6) is 0.0962. The summed E-state index contributed by atoms with van der Waals surface area (Å²) in [5, 5.41) is 3.50. The molecule has 2 aliphatic heterocycles. The van der Waals surface area contributed by atoms with Crippen molar-refractivity contribution in [2.24, 2.45) is 7.05 Å². The van der Waals surface area contributed by atoms with Crippen molar-refractivity contribution < 1.29 is 9.53 Å². The number of anilines is 1. The number of ether oxygens (including phenoxy) is 1. The number of aryl methyl sites for hydroxylation is 1. The van der Waals surface area contributed by atoms with E-state index >= 15 is 0 Å². The minimum absolute atomic E-state index is 0.0962. The van der Waals surface area contributed by atoms with Gasteiger partial charge >= 0.3 is 0 Å². The first kappa shape index (κ1) is 16.1. The van der Waals surface area contributed by atoms with E-state index in [-0.39, 0.29) is 17.6 Å². The average molecular weight is 340 g/mol. The van der Waals surface area contributed by atoms with Crippen LogP contribution < -0.4 is 5.32 Å². The zero-order valence-electron chi connectivity index (χ0n) is 14.5. The van der Waals surface area contributed by atoms with E-state index in [0.717, 1.165) is 37.2 Å². The number of carbonyl (C=O) groups excluding carboxylic acids is 1. The van der Waals surface area contributed by atoms with Gasteiger partial charge in [-0.1, -0.05) is 0 Å². The molecule has 2 aromatic heterocycles. The second kappa shape index (κ2) is 6.52. The predicted octanol–water partition coefficient (Wildman–Crippen LogP) is 2.30. The molecule has 0 bridgehead atoms. The number of nitrogens with zero attached hydrogens (tertiary/aromatic N) is 3. The molecule has 6 nitrogen and oxygen atoms in total. The Morgan fingerprint density at radius 1 is 1.40 bits per heavy atom. The minimum Gasteiger partial charge on any atom is -0.379 e. The Labute approximate surface area is 147 Å². The van der Waals surface area contributed by atoms with E-state index in [9.17, 15) is 4.79 Å². The molecule has 2 fully saturated rings. The van der Waals surface area contributed by atoms with Gasteiger partial charge in [-0.15, -0.1) is 0 Å². The third-order valence-electron chi connectivity index (χ3n) is 5.23. The molecule has 25 heavy (non-hydrogen) atoms. The van der Waals surface area contributed by atoms with Gasteiger partial charge in [-0.3, -0.25) is 9.78 Å². The quantitative estimate of drug-likeness (QED) is 0.931. The molecular formula is C19H24N4O2. The Morgan fingerprint density at radius 3 is 3.08 bits per heavy atom. The number of pyridine rings is 1. The lowest BCUT2D eigenvalue weighted by Crippen LogP contribution is -2.50. The van der Waals surface area contributed by atoms with Gasteiger partial charge in [-0.2, -0.15) is 0 Å². The molecule has 0 radical (unpaired) electrons. The van der Waals surface area contributed by atoms with Crippen molar-refractivity contribution >= 4 is 11.6 Å². The van der Waals surface area contributed by atoms with Gasteiger partial charge in [0.25, 0.3) is 5.91 Å².